The Morgan fingerprint density at radius 3 is 2.71 bits per heavy atom. The smallest absolute Gasteiger partial charge is 0.395 e. The number of benzene rings is 1. The largest absolute Gasteiger partial charge is 0.586 e. The molecule has 108 valence electrons. The van der Waals surface area contributed by atoms with Crippen LogP contribution < -0.4 is 14.8 Å². The zero-order valence-electron chi connectivity index (χ0n) is 10.3. The third-order valence-corrected chi connectivity index (χ3v) is 2.68. The number of hydrogen-bond donors (Lipinski definition) is 1. The topological polar surface area (TPSA) is 60.5 Å². The third kappa shape index (κ3) is 2.60. The van der Waals surface area contributed by atoms with Gasteiger partial charge >= 0.3 is 6.29 Å². The first-order valence-corrected chi connectivity index (χ1v) is 5.75. The number of fused-ring (bicyclic) bond motifs is 1. The fraction of sp³-hybridized carbons (Fsp3) is 0.0769. The van der Waals surface area contributed by atoms with Gasteiger partial charge in [0.1, 0.15) is 0 Å². The molecule has 0 saturated heterocycles. The van der Waals surface area contributed by atoms with Crippen LogP contribution in [0, 0.1) is 5.82 Å². The van der Waals surface area contributed by atoms with Crippen LogP contribution >= 0.6 is 0 Å². The van der Waals surface area contributed by atoms with Gasteiger partial charge in [0.2, 0.25) is 0 Å². The summed E-state index contributed by atoms with van der Waals surface area (Å²) in [6.45, 7) is 0. The van der Waals surface area contributed by atoms with E-state index in [0.29, 0.717) is 0 Å². The van der Waals surface area contributed by atoms with Gasteiger partial charge < -0.3 is 14.8 Å². The predicted octanol–water partition coefficient (Wildman–Crippen LogP) is 2.79. The van der Waals surface area contributed by atoms with Crippen molar-refractivity contribution in [1.82, 2.24) is 4.98 Å². The van der Waals surface area contributed by atoms with E-state index < -0.39 is 18.0 Å². The molecule has 1 aliphatic rings. The molecule has 0 bridgehead atoms. The van der Waals surface area contributed by atoms with Crippen molar-refractivity contribution in [3.63, 3.8) is 0 Å². The van der Waals surface area contributed by atoms with E-state index in [1.54, 1.807) is 0 Å². The number of aromatic nitrogens is 1. The Hall–Kier alpha value is -2.77. The van der Waals surface area contributed by atoms with Crippen LogP contribution in [0.2, 0.25) is 0 Å². The van der Waals surface area contributed by atoms with E-state index in [4.69, 9.17) is 0 Å². The molecular weight excluding hydrogens is 289 g/mol. The second-order valence-electron chi connectivity index (χ2n) is 4.14. The minimum absolute atomic E-state index is 0.145. The number of nitrogens with one attached hydrogen (secondary N) is 1. The molecule has 1 aromatic carbocycles. The highest BCUT2D eigenvalue weighted by Gasteiger charge is 2.43. The zero-order valence-corrected chi connectivity index (χ0v) is 10.3. The molecule has 1 N–H and O–H groups in total. The molecule has 5 nitrogen and oxygen atoms in total. The average Bonchev–Trinajstić information content (AvgIpc) is 2.72. The fourth-order valence-electron chi connectivity index (χ4n) is 1.78. The molecule has 21 heavy (non-hydrogen) atoms. The minimum Gasteiger partial charge on any atom is -0.395 e. The number of halogens is 3. The molecule has 1 aromatic heterocycles. The molecule has 0 aliphatic carbocycles. The van der Waals surface area contributed by atoms with Gasteiger partial charge in [0, 0.05) is 18.0 Å². The quantitative estimate of drug-likeness (QED) is 0.925. The summed E-state index contributed by atoms with van der Waals surface area (Å²) in [5.74, 6) is -1.89. The predicted molar refractivity (Wildman–Crippen MR) is 64.8 cm³/mol. The van der Waals surface area contributed by atoms with Crippen molar-refractivity contribution >= 4 is 11.6 Å². The molecule has 0 radical (unpaired) electrons. The van der Waals surface area contributed by atoms with Crippen LogP contribution in [0.5, 0.6) is 11.5 Å². The molecule has 2 heterocycles. The first-order valence-electron chi connectivity index (χ1n) is 5.75. The number of anilines is 1. The number of alkyl halides is 2. The Balaban J connectivity index is 1.81. The fourth-order valence-corrected chi connectivity index (χ4v) is 1.78. The second kappa shape index (κ2) is 4.65. The van der Waals surface area contributed by atoms with Gasteiger partial charge in [-0.25, -0.2) is 4.39 Å². The van der Waals surface area contributed by atoms with Crippen molar-refractivity contribution in [1.29, 1.82) is 0 Å². The van der Waals surface area contributed by atoms with Gasteiger partial charge in [-0.15, -0.1) is 8.78 Å². The number of rotatable bonds is 2. The summed E-state index contributed by atoms with van der Waals surface area (Å²) in [5, 5.41) is 2.37. The van der Waals surface area contributed by atoms with E-state index in [1.165, 1.54) is 24.4 Å². The number of carbonyl (C=O) groups excluding carboxylic acids is 1. The Morgan fingerprint density at radius 2 is 1.95 bits per heavy atom. The summed E-state index contributed by atoms with van der Waals surface area (Å²) >= 11 is 0. The zero-order chi connectivity index (χ0) is 15.0. The van der Waals surface area contributed by atoms with Gasteiger partial charge in [-0.1, -0.05) is 0 Å². The monoisotopic (exact) mass is 296 g/mol. The van der Waals surface area contributed by atoms with Crippen LogP contribution in [0.1, 0.15) is 10.4 Å². The van der Waals surface area contributed by atoms with Crippen LogP contribution in [-0.4, -0.2) is 17.2 Å². The first-order chi connectivity index (χ1) is 9.94. The maximum atomic E-state index is 13.4. The lowest BCUT2D eigenvalue weighted by molar-refractivity contribution is -0.286. The molecule has 0 fully saturated rings. The summed E-state index contributed by atoms with van der Waals surface area (Å²) in [7, 11) is 0. The van der Waals surface area contributed by atoms with Crippen LogP contribution in [0.25, 0.3) is 0 Å². The van der Waals surface area contributed by atoms with Crippen LogP contribution in [0.15, 0.2) is 36.7 Å². The van der Waals surface area contributed by atoms with E-state index in [0.717, 1.165) is 12.3 Å². The first kappa shape index (κ1) is 13.2. The molecule has 0 saturated carbocycles. The number of pyridine rings is 1. The molecule has 1 aliphatic heterocycles. The van der Waals surface area contributed by atoms with Crippen molar-refractivity contribution in [2.45, 2.75) is 6.29 Å². The van der Waals surface area contributed by atoms with Gasteiger partial charge in [-0.3, -0.25) is 9.78 Å². The lowest BCUT2D eigenvalue weighted by Gasteiger charge is -2.06. The van der Waals surface area contributed by atoms with Gasteiger partial charge in [0.25, 0.3) is 5.91 Å². The number of ether oxygens (including phenoxy) is 2. The SMILES string of the molecule is O=C(Nc1ccc2c(c1)OC(F)(F)O2)c1ccncc1F. The van der Waals surface area contributed by atoms with Crippen LogP contribution in [0.4, 0.5) is 18.9 Å². The molecule has 0 spiro atoms. The van der Waals surface area contributed by atoms with E-state index in [9.17, 15) is 18.0 Å². The summed E-state index contributed by atoms with van der Waals surface area (Å²) in [6, 6.07) is 4.91. The third-order valence-electron chi connectivity index (χ3n) is 2.68. The normalized spacial score (nSPS) is 14.8. The average molecular weight is 296 g/mol. The molecule has 3 rings (SSSR count). The molecular formula is C13H7F3N2O3. The van der Waals surface area contributed by atoms with Crippen LogP contribution in [0.3, 0.4) is 0 Å². The molecule has 2 aromatic rings. The lowest BCUT2D eigenvalue weighted by atomic mass is 10.2. The second-order valence-corrected chi connectivity index (χ2v) is 4.14. The van der Waals surface area contributed by atoms with Crippen molar-refractivity contribution in [3.05, 3.63) is 48.0 Å². The van der Waals surface area contributed by atoms with Crippen molar-refractivity contribution < 1.29 is 27.4 Å². The standard InChI is InChI=1S/C13H7F3N2O3/c14-9-6-17-4-3-8(9)12(19)18-7-1-2-10-11(5-7)21-13(15,16)20-10/h1-6H,(H,18,19). The van der Waals surface area contributed by atoms with Gasteiger partial charge in [-0.2, -0.15) is 0 Å². The summed E-state index contributed by atoms with van der Waals surface area (Å²) in [5.41, 5.74) is -0.0516. The highest BCUT2D eigenvalue weighted by molar-refractivity contribution is 6.04. The van der Waals surface area contributed by atoms with Crippen molar-refractivity contribution in [3.8, 4) is 11.5 Å². The number of nitrogens with zero attached hydrogens (tertiary/aromatic N) is 1. The molecule has 1 amide bonds. The maximum Gasteiger partial charge on any atom is 0.586 e. The Morgan fingerprint density at radius 1 is 1.19 bits per heavy atom. The Bertz CT molecular complexity index is 722. The molecule has 0 atom stereocenters. The van der Waals surface area contributed by atoms with Gasteiger partial charge in [-0.05, 0) is 18.2 Å². The highest BCUT2D eigenvalue weighted by atomic mass is 19.3. The van der Waals surface area contributed by atoms with Gasteiger partial charge in [0.05, 0.1) is 11.8 Å². The van der Waals surface area contributed by atoms with E-state index in [2.05, 4.69) is 19.8 Å². The Labute approximate surface area is 116 Å². The maximum absolute atomic E-state index is 13.4. The van der Waals surface area contributed by atoms with E-state index in [-0.39, 0.29) is 22.7 Å². The molecule has 8 heteroatoms. The molecule has 0 unspecified atom stereocenters. The Kier molecular flexibility index (Phi) is 2.93. The number of carbonyl (C=O) groups is 1. The number of amides is 1. The van der Waals surface area contributed by atoms with E-state index >= 15 is 0 Å². The van der Waals surface area contributed by atoms with Crippen LogP contribution in [-0.2, 0) is 0 Å². The van der Waals surface area contributed by atoms with Crippen molar-refractivity contribution in [2.75, 3.05) is 5.32 Å². The minimum atomic E-state index is -3.73. The summed E-state index contributed by atoms with van der Waals surface area (Å²) in [6.07, 6.45) is -1.57. The van der Waals surface area contributed by atoms with E-state index in [1.807, 2.05) is 0 Å². The number of hydrogen-bond acceptors (Lipinski definition) is 4. The highest BCUT2D eigenvalue weighted by Crippen LogP contribution is 2.42. The summed E-state index contributed by atoms with van der Waals surface area (Å²) < 4.78 is 47.6. The lowest BCUT2D eigenvalue weighted by Crippen LogP contribution is -2.25. The van der Waals surface area contributed by atoms with Crippen molar-refractivity contribution in [2.24, 2.45) is 0 Å². The summed E-state index contributed by atoms with van der Waals surface area (Å²) in [4.78, 5) is 15.4. The van der Waals surface area contributed by atoms with Gasteiger partial charge in [0.15, 0.2) is 17.3 Å².